The molecule has 0 spiro atoms. The largest absolute Gasteiger partial charge is 0.435 e. The van der Waals surface area contributed by atoms with Gasteiger partial charge in [-0.05, 0) is 0 Å². The smallest absolute Gasteiger partial charge is 0.229 e. The lowest BCUT2D eigenvalue weighted by atomic mass is 9.62. The first kappa shape index (κ1) is 25.7. The van der Waals surface area contributed by atoms with E-state index in [1.54, 1.807) is 0 Å². The summed E-state index contributed by atoms with van der Waals surface area (Å²) in [6, 6.07) is 0. The van der Waals surface area contributed by atoms with Gasteiger partial charge in [-0.25, -0.2) is 17.6 Å². The van der Waals surface area contributed by atoms with E-state index in [2.05, 4.69) is 0 Å². The Morgan fingerprint density at radius 1 is 0.517 bits per heavy atom. The third-order valence-corrected chi connectivity index (χ3v) is 3.92. The van der Waals surface area contributed by atoms with Crippen LogP contribution < -0.4 is 0 Å². The fourth-order valence-electron chi connectivity index (χ4n) is 2.41. The minimum atomic E-state index is -8.68. The average Bonchev–Trinajstić information content (AvgIpc) is 2.46. The van der Waals surface area contributed by atoms with Crippen molar-refractivity contribution in [2.24, 2.45) is 0 Å². The molecule has 0 bridgehead atoms. The van der Waals surface area contributed by atoms with Crippen LogP contribution in [-0.4, -0.2) is 53.3 Å². The maximum atomic E-state index is 14.0. The zero-order valence-electron chi connectivity index (χ0n) is 12.2. The topological polar surface area (TPSA) is 0 Å². The van der Waals surface area contributed by atoms with E-state index in [9.17, 15) is 83.4 Å². The Hall–Kier alpha value is -1.33. The van der Waals surface area contributed by atoms with Gasteiger partial charge in [0.1, 0.15) is 0 Å². The molecule has 1 aliphatic carbocycles. The van der Waals surface area contributed by atoms with Crippen LogP contribution in [-0.2, 0) is 0 Å². The Labute approximate surface area is 144 Å². The van der Waals surface area contributed by atoms with E-state index in [1.165, 1.54) is 0 Å². The summed E-state index contributed by atoms with van der Waals surface area (Å²) in [6.07, 6.45) is -30.6. The van der Waals surface area contributed by atoms with Crippen LogP contribution in [0, 0.1) is 6.17 Å². The minimum Gasteiger partial charge on any atom is -0.229 e. The van der Waals surface area contributed by atoms with Crippen LogP contribution in [0.5, 0.6) is 0 Å². The van der Waals surface area contributed by atoms with E-state index < -0.39 is 59.5 Å². The molecule has 1 fully saturated rings. The quantitative estimate of drug-likeness (QED) is 0.391. The first-order valence-corrected chi connectivity index (χ1v) is 6.09. The number of alkyl halides is 18. The molecule has 0 amide bonds. The lowest BCUT2D eigenvalue weighted by Gasteiger charge is -2.56. The second-order valence-corrected chi connectivity index (χ2v) is 5.51. The highest BCUT2D eigenvalue weighted by molar-refractivity contribution is 5.40. The van der Waals surface area contributed by atoms with Crippen LogP contribution in [0.1, 0.15) is 0 Å². The molecule has 0 aromatic rings. The van der Waals surface area contributed by atoms with Crippen molar-refractivity contribution in [3.05, 3.63) is 6.17 Å². The molecule has 1 saturated carbocycles. The summed E-state index contributed by atoms with van der Waals surface area (Å²) in [5.41, 5.74) is -25.6. The maximum Gasteiger partial charge on any atom is 0.435 e. The predicted octanol–water partition coefficient (Wildman–Crippen LogP) is 6.22. The zero-order valence-corrected chi connectivity index (χ0v) is 12.2. The van der Waals surface area contributed by atoms with Gasteiger partial charge in [-0.1, -0.05) is 0 Å². The summed E-state index contributed by atoms with van der Waals surface area (Å²) in [5.74, 6) is -25.4. The fraction of sp³-hybridized carbons (Fsp3) is 0.900. The van der Waals surface area contributed by atoms with Crippen molar-refractivity contribution in [1.82, 2.24) is 0 Å². The van der Waals surface area contributed by atoms with Crippen molar-refractivity contribution in [3.8, 4) is 0 Å². The van der Waals surface area contributed by atoms with Gasteiger partial charge in [0, 0.05) is 0 Å². The van der Waals surface area contributed by atoms with Gasteiger partial charge < -0.3 is 0 Å². The Bertz CT molecular complexity index is 635. The van der Waals surface area contributed by atoms with Gasteiger partial charge in [-0.15, -0.1) is 0 Å². The highest BCUT2D eigenvalue weighted by Gasteiger charge is 3.06. The van der Waals surface area contributed by atoms with Gasteiger partial charge in [-0.2, -0.15) is 65.9 Å². The van der Waals surface area contributed by atoms with Crippen molar-refractivity contribution in [2.45, 2.75) is 53.3 Å². The Kier molecular flexibility index (Phi) is 5.03. The van der Waals surface area contributed by atoms with Crippen molar-refractivity contribution in [1.29, 1.82) is 0 Å². The highest BCUT2D eigenvalue weighted by atomic mass is 19.4. The Balaban J connectivity index is 4.23. The lowest BCUT2D eigenvalue weighted by Crippen LogP contribution is -2.88. The van der Waals surface area contributed by atoms with Crippen molar-refractivity contribution in [3.63, 3.8) is 0 Å². The molecule has 2 unspecified atom stereocenters. The van der Waals surface area contributed by atoms with E-state index in [4.69, 9.17) is 0 Å². The molecule has 1 radical (unpaired) electrons. The van der Waals surface area contributed by atoms with Crippen LogP contribution in [0.3, 0.4) is 0 Å². The first-order chi connectivity index (χ1) is 12.2. The molecule has 0 aromatic carbocycles. The highest BCUT2D eigenvalue weighted by Crippen LogP contribution is 2.75. The molecule has 0 heterocycles. The summed E-state index contributed by atoms with van der Waals surface area (Å²) >= 11 is 0. The molecule has 1 rings (SSSR count). The van der Waals surface area contributed by atoms with Gasteiger partial charge in [-0.3, -0.25) is 0 Å². The molecule has 173 valence electrons. The van der Waals surface area contributed by atoms with Gasteiger partial charge in [0.05, 0.1) is 0 Å². The standard InChI is InChI=1S/C10F19/c11-1-2(12,4(15,8(21,22)23)9(24,25)26)6(17,18)7(19,20)5(16,3(1,13)14)10(27,28)29. The zero-order chi connectivity index (χ0) is 24.1. The van der Waals surface area contributed by atoms with Crippen LogP contribution in [0.2, 0.25) is 0 Å². The van der Waals surface area contributed by atoms with Gasteiger partial charge >= 0.3 is 47.6 Å². The van der Waals surface area contributed by atoms with Crippen LogP contribution in [0.15, 0.2) is 0 Å². The lowest BCUT2D eigenvalue weighted by molar-refractivity contribution is -0.480. The molecular weight excluding hydrogens is 481 g/mol. The molecule has 0 aromatic heterocycles. The number of hydrogen-bond acceptors (Lipinski definition) is 0. The Morgan fingerprint density at radius 3 is 1.07 bits per heavy atom. The monoisotopic (exact) mass is 481 g/mol. The number of hydrogen-bond donors (Lipinski definition) is 0. The number of rotatable bonds is 1. The molecule has 2 atom stereocenters. The normalized spacial score (nSPS) is 33.6. The van der Waals surface area contributed by atoms with Crippen LogP contribution in [0.4, 0.5) is 83.4 Å². The van der Waals surface area contributed by atoms with E-state index in [-0.39, 0.29) is 0 Å². The minimum absolute atomic E-state index is 5.95. The summed E-state index contributed by atoms with van der Waals surface area (Å²) in [6.45, 7) is 0. The Morgan fingerprint density at radius 2 is 0.828 bits per heavy atom. The summed E-state index contributed by atoms with van der Waals surface area (Å²) in [5, 5.41) is 0. The molecule has 19 heteroatoms. The van der Waals surface area contributed by atoms with Crippen molar-refractivity contribution in [2.75, 3.05) is 0 Å². The second kappa shape index (κ2) is 5.67. The molecule has 0 N–H and O–H groups in total. The molecule has 0 aliphatic heterocycles. The van der Waals surface area contributed by atoms with Crippen LogP contribution in [0.25, 0.3) is 0 Å². The van der Waals surface area contributed by atoms with Crippen molar-refractivity contribution < 1.29 is 83.4 Å². The SMILES string of the molecule is F[C]1C(F)(F)C(F)(C(F)(F)F)C(F)(F)C(F)(F)C1(F)C(F)(C(F)(F)F)C(F)(F)F. The van der Waals surface area contributed by atoms with E-state index in [0.29, 0.717) is 0 Å². The first-order valence-electron chi connectivity index (χ1n) is 6.09. The summed E-state index contributed by atoms with van der Waals surface area (Å²) < 4.78 is 246. The van der Waals surface area contributed by atoms with Gasteiger partial charge in [0.25, 0.3) is 11.8 Å². The van der Waals surface area contributed by atoms with Crippen LogP contribution >= 0.6 is 0 Å². The average molecular weight is 481 g/mol. The number of halogens is 19. The third kappa shape index (κ3) is 2.38. The van der Waals surface area contributed by atoms with Gasteiger partial charge in [0.2, 0.25) is 0 Å². The second-order valence-electron chi connectivity index (χ2n) is 5.51. The summed E-state index contributed by atoms with van der Waals surface area (Å²) in [7, 11) is 0. The molecule has 1 aliphatic rings. The van der Waals surface area contributed by atoms with E-state index in [1.807, 2.05) is 0 Å². The summed E-state index contributed by atoms with van der Waals surface area (Å²) in [4.78, 5) is 0. The van der Waals surface area contributed by atoms with Gasteiger partial charge in [0.15, 0.2) is 0 Å². The third-order valence-electron chi connectivity index (χ3n) is 3.92. The predicted molar refractivity (Wildman–Crippen MR) is 48.9 cm³/mol. The molecular formula is C10F19. The van der Waals surface area contributed by atoms with E-state index >= 15 is 0 Å². The molecule has 29 heavy (non-hydrogen) atoms. The maximum absolute atomic E-state index is 14.0. The van der Waals surface area contributed by atoms with Crippen molar-refractivity contribution >= 4 is 0 Å². The fourth-order valence-corrected chi connectivity index (χ4v) is 2.41. The molecule has 0 nitrogen and oxygen atoms in total. The van der Waals surface area contributed by atoms with E-state index in [0.717, 1.165) is 0 Å². The molecule has 0 saturated heterocycles.